The largest absolute Gasteiger partial charge is 0.496 e. The second kappa shape index (κ2) is 3.44. The maximum Gasteiger partial charge on any atom is 0.134 e. The van der Waals surface area contributed by atoms with Crippen LogP contribution in [0.25, 0.3) is 0 Å². The van der Waals surface area contributed by atoms with Crippen molar-refractivity contribution in [1.29, 1.82) is 0 Å². The van der Waals surface area contributed by atoms with Gasteiger partial charge in [0.15, 0.2) is 0 Å². The molecule has 0 aromatic heterocycles. The van der Waals surface area contributed by atoms with Crippen molar-refractivity contribution in [3.8, 4) is 0 Å². The minimum absolute atomic E-state index is 0.778. The molecule has 0 aromatic carbocycles. The SMILES string of the molecule is COC1=C(Cl)CCC(Br)=C1. The van der Waals surface area contributed by atoms with E-state index in [1.807, 2.05) is 6.08 Å². The van der Waals surface area contributed by atoms with Gasteiger partial charge in [-0.2, -0.15) is 0 Å². The summed E-state index contributed by atoms with van der Waals surface area (Å²) in [5.74, 6) is 0.778. The summed E-state index contributed by atoms with van der Waals surface area (Å²) in [7, 11) is 1.62. The van der Waals surface area contributed by atoms with E-state index < -0.39 is 0 Å². The summed E-state index contributed by atoms with van der Waals surface area (Å²) >= 11 is 9.22. The van der Waals surface area contributed by atoms with Gasteiger partial charge in [-0.3, -0.25) is 0 Å². The molecule has 1 rings (SSSR count). The number of methoxy groups -OCH3 is 1. The van der Waals surface area contributed by atoms with E-state index >= 15 is 0 Å². The van der Waals surface area contributed by atoms with Gasteiger partial charge in [0.05, 0.1) is 12.1 Å². The fourth-order valence-corrected chi connectivity index (χ4v) is 1.45. The standard InChI is InChI=1S/C7H8BrClO/c1-10-7-4-5(8)2-3-6(7)9/h4H,2-3H2,1H3. The van der Waals surface area contributed by atoms with E-state index in [4.69, 9.17) is 16.3 Å². The number of ether oxygens (including phenoxy) is 1. The van der Waals surface area contributed by atoms with Crippen LogP contribution in [0.3, 0.4) is 0 Å². The van der Waals surface area contributed by atoms with Gasteiger partial charge in [-0.05, 0) is 23.4 Å². The number of rotatable bonds is 1. The molecule has 1 nitrogen and oxygen atoms in total. The summed E-state index contributed by atoms with van der Waals surface area (Å²) < 4.78 is 6.16. The zero-order valence-electron chi connectivity index (χ0n) is 5.66. The zero-order chi connectivity index (χ0) is 7.56. The molecule has 0 unspecified atom stereocenters. The van der Waals surface area contributed by atoms with Gasteiger partial charge in [0, 0.05) is 0 Å². The zero-order valence-corrected chi connectivity index (χ0v) is 8.00. The lowest BCUT2D eigenvalue weighted by atomic mass is 10.2. The molecule has 0 radical (unpaired) electrons. The molecule has 0 heterocycles. The Bertz CT molecular complexity index is 196. The Morgan fingerprint density at radius 2 is 2.30 bits per heavy atom. The molecular weight excluding hydrogens is 215 g/mol. The third kappa shape index (κ3) is 1.77. The van der Waals surface area contributed by atoms with Crippen LogP contribution in [-0.4, -0.2) is 7.11 Å². The summed E-state index contributed by atoms with van der Waals surface area (Å²) in [5, 5.41) is 0.811. The monoisotopic (exact) mass is 222 g/mol. The molecule has 0 spiro atoms. The maximum atomic E-state index is 5.84. The fourth-order valence-electron chi connectivity index (χ4n) is 0.815. The van der Waals surface area contributed by atoms with Crippen molar-refractivity contribution in [2.75, 3.05) is 7.11 Å². The highest BCUT2D eigenvalue weighted by atomic mass is 79.9. The molecular formula is C7H8BrClO. The third-order valence-electron chi connectivity index (χ3n) is 1.36. The highest BCUT2D eigenvalue weighted by molar-refractivity contribution is 9.11. The molecule has 1 aliphatic carbocycles. The van der Waals surface area contributed by atoms with Crippen molar-refractivity contribution in [3.63, 3.8) is 0 Å². The molecule has 0 amide bonds. The first kappa shape index (κ1) is 8.15. The second-order valence-corrected chi connectivity index (χ2v) is 3.54. The molecule has 0 aliphatic heterocycles. The van der Waals surface area contributed by atoms with Crippen LogP contribution in [0.5, 0.6) is 0 Å². The second-order valence-electron chi connectivity index (χ2n) is 2.06. The van der Waals surface area contributed by atoms with Crippen molar-refractivity contribution in [2.45, 2.75) is 12.8 Å². The van der Waals surface area contributed by atoms with Gasteiger partial charge in [-0.1, -0.05) is 27.5 Å². The van der Waals surface area contributed by atoms with E-state index in [9.17, 15) is 0 Å². The van der Waals surface area contributed by atoms with Crippen LogP contribution < -0.4 is 0 Å². The molecule has 0 bridgehead atoms. The molecule has 0 saturated heterocycles. The van der Waals surface area contributed by atoms with E-state index in [-0.39, 0.29) is 0 Å². The molecule has 0 saturated carbocycles. The summed E-state index contributed by atoms with van der Waals surface area (Å²) in [6.07, 6.45) is 3.76. The lowest BCUT2D eigenvalue weighted by Gasteiger charge is -2.11. The lowest BCUT2D eigenvalue weighted by Crippen LogP contribution is -1.93. The Morgan fingerprint density at radius 1 is 1.60 bits per heavy atom. The predicted octanol–water partition coefficient (Wildman–Crippen LogP) is 3.16. The Hall–Kier alpha value is 0.0500. The van der Waals surface area contributed by atoms with Crippen LogP contribution in [-0.2, 0) is 4.74 Å². The Kier molecular flexibility index (Phi) is 2.81. The average Bonchev–Trinajstić information content (AvgIpc) is 1.94. The molecule has 0 N–H and O–H groups in total. The van der Waals surface area contributed by atoms with Gasteiger partial charge in [0.2, 0.25) is 0 Å². The lowest BCUT2D eigenvalue weighted by molar-refractivity contribution is 0.302. The molecule has 1 aliphatic rings. The Morgan fingerprint density at radius 3 is 2.80 bits per heavy atom. The number of halogens is 2. The highest BCUT2D eigenvalue weighted by Crippen LogP contribution is 2.29. The van der Waals surface area contributed by atoms with E-state index in [1.165, 1.54) is 0 Å². The van der Waals surface area contributed by atoms with Crippen LogP contribution in [0.1, 0.15) is 12.8 Å². The van der Waals surface area contributed by atoms with Crippen LogP contribution in [0.4, 0.5) is 0 Å². The first-order valence-electron chi connectivity index (χ1n) is 3.02. The number of hydrogen-bond donors (Lipinski definition) is 0. The third-order valence-corrected chi connectivity index (χ3v) is 2.36. The van der Waals surface area contributed by atoms with Crippen molar-refractivity contribution < 1.29 is 4.74 Å². The van der Waals surface area contributed by atoms with Gasteiger partial charge in [0.1, 0.15) is 5.76 Å². The van der Waals surface area contributed by atoms with Crippen molar-refractivity contribution in [3.05, 3.63) is 21.3 Å². The van der Waals surface area contributed by atoms with Crippen molar-refractivity contribution in [2.24, 2.45) is 0 Å². The predicted molar refractivity (Wildman–Crippen MR) is 46.1 cm³/mol. The summed E-state index contributed by atoms with van der Waals surface area (Å²) in [4.78, 5) is 0. The first-order chi connectivity index (χ1) is 4.74. The Labute approximate surface area is 73.8 Å². The number of hydrogen-bond acceptors (Lipinski definition) is 1. The van der Waals surface area contributed by atoms with Crippen molar-refractivity contribution in [1.82, 2.24) is 0 Å². The van der Waals surface area contributed by atoms with Gasteiger partial charge in [-0.25, -0.2) is 0 Å². The summed E-state index contributed by atoms with van der Waals surface area (Å²) in [6, 6.07) is 0. The van der Waals surface area contributed by atoms with Crippen LogP contribution in [0.2, 0.25) is 0 Å². The fraction of sp³-hybridized carbons (Fsp3) is 0.429. The Balaban J connectivity index is 2.82. The minimum atomic E-state index is 0.778. The van der Waals surface area contributed by atoms with E-state index in [1.54, 1.807) is 7.11 Å². The van der Waals surface area contributed by atoms with Crippen LogP contribution >= 0.6 is 27.5 Å². The van der Waals surface area contributed by atoms with Crippen LogP contribution in [0.15, 0.2) is 21.3 Å². The van der Waals surface area contributed by atoms with Gasteiger partial charge < -0.3 is 4.74 Å². The van der Waals surface area contributed by atoms with Gasteiger partial charge in [0.25, 0.3) is 0 Å². The number of allylic oxidation sites excluding steroid dienone is 3. The van der Waals surface area contributed by atoms with Gasteiger partial charge in [-0.15, -0.1) is 0 Å². The molecule has 3 heteroatoms. The van der Waals surface area contributed by atoms with Crippen molar-refractivity contribution >= 4 is 27.5 Å². The minimum Gasteiger partial charge on any atom is -0.496 e. The van der Waals surface area contributed by atoms with E-state index in [0.717, 1.165) is 28.1 Å². The molecule has 10 heavy (non-hydrogen) atoms. The smallest absolute Gasteiger partial charge is 0.134 e. The van der Waals surface area contributed by atoms with Gasteiger partial charge >= 0.3 is 0 Å². The normalized spacial score (nSPS) is 18.9. The molecule has 0 fully saturated rings. The summed E-state index contributed by atoms with van der Waals surface area (Å²) in [6.45, 7) is 0. The average molecular weight is 223 g/mol. The summed E-state index contributed by atoms with van der Waals surface area (Å²) in [5.41, 5.74) is 0. The highest BCUT2D eigenvalue weighted by Gasteiger charge is 2.09. The van der Waals surface area contributed by atoms with Crippen LogP contribution in [0, 0.1) is 0 Å². The molecule has 56 valence electrons. The topological polar surface area (TPSA) is 9.23 Å². The molecule has 0 aromatic rings. The maximum absolute atomic E-state index is 5.84. The van der Waals surface area contributed by atoms with E-state index in [2.05, 4.69) is 15.9 Å². The quantitative estimate of drug-likeness (QED) is 0.663. The van der Waals surface area contributed by atoms with E-state index in [0.29, 0.717) is 0 Å². The first-order valence-corrected chi connectivity index (χ1v) is 4.20. The molecule has 0 atom stereocenters.